The number of carboxylic acid groups (broad SMARTS) is 1. The predicted octanol–water partition coefficient (Wildman–Crippen LogP) is 1.89. The molecule has 1 aromatic heterocycles. The lowest BCUT2D eigenvalue weighted by atomic mass is 9.83. The quantitative estimate of drug-likeness (QED) is 0.848. The fourth-order valence-electron chi connectivity index (χ4n) is 2.21. The maximum atomic E-state index is 12.6. The Balaban J connectivity index is 2.18. The first kappa shape index (κ1) is 16.5. The molecular formula is C16H19N3O4. The van der Waals surface area contributed by atoms with Crippen molar-refractivity contribution in [1.82, 2.24) is 9.78 Å². The second-order valence-electron chi connectivity index (χ2n) is 5.57. The number of hydrogen-bond acceptors (Lipinski definition) is 4. The number of para-hydroxylation sites is 1. The first-order valence-corrected chi connectivity index (χ1v) is 7.05. The van der Waals surface area contributed by atoms with Crippen molar-refractivity contribution < 1.29 is 19.4 Å². The van der Waals surface area contributed by atoms with E-state index < -0.39 is 11.4 Å². The molecule has 0 saturated carbocycles. The Morgan fingerprint density at radius 1 is 1.30 bits per heavy atom. The van der Waals surface area contributed by atoms with Crippen LogP contribution in [0, 0.1) is 0 Å². The van der Waals surface area contributed by atoms with E-state index in [0.717, 1.165) is 5.56 Å². The molecular weight excluding hydrogens is 298 g/mol. The van der Waals surface area contributed by atoms with Gasteiger partial charge in [0.05, 0.1) is 12.5 Å². The molecule has 23 heavy (non-hydrogen) atoms. The minimum Gasteiger partial charge on any atom is -0.496 e. The van der Waals surface area contributed by atoms with Gasteiger partial charge in [0.1, 0.15) is 12.3 Å². The second kappa shape index (κ2) is 6.51. The highest BCUT2D eigenvalue weighted by atomic mass is 16.5. The molecule has 2 aromatic rings. The summed E-state index contributed by atoms with van der Waals surface area (Å²) in [4.78, 5) is 23.3. The van der Waals surface area contributed by atoms with Gasteiger partial charge >= 0.3 is 5.97 Å². The van der Waals surface area contributed by atoms with Gasteiger partial charge in [-0.15, -0.1) is 0 Å². The minimum atomic E-state index is -1.000. The number of methoxy groups -OCH3 is 1. The number of nitrogens with zero attached hydrogens (tertiary/aromatic N) is 2. The predicted molar refractivity (Wildman–Crippen MR) is 84.5 cm³/mol. The molecule has 0 aliphatic heterocycles. The van der Waals surface area contributed by atoms with E-state index >= 15 is 0 Å². The number of benzene rings is 1. The summed E-state index contributed by atoms with van der Waals surface area (Å²) in [5.41, 5.74) is -0.0895. The van der Waals surface area contributed by atoms with Crippen molar-refractivity contribution in [2.45, 2.75) is 25.8 Å². The van der Waals surface area contributed by atoms with Crippen molar-refractivity contribution in [3.63, 3.8) is 0 Å². The Hall–Kier alpha value is -2.83. The SMILES string of the molecule is COc1ccccc1C(C)(C)C(=O)Nc1ccn(CC(=O)O)n1. The molecule has 0 aliphatic rings. The van der Waals surface area contributed by atoms with Gasteiger partial charge in [0, 0.05) is 17.8 Å². The summed E-state index contributed by atoms with van der Waals surface area (Å²) < 4.78 is 6.56. The van der Waals surface area contributed by atoms with Crippen molar-refractivity contribution in [1.29, 1.82) is 0 Å². The van der Waals surface area contributed by atoms with E-state index in [1.54, 1.807) is 33.1 Å². The van der Waals surface area contributed by atoms with E-state index in [1.807, 2.05) is 18.2 Å². The molecule has 0 radical (unpaired) electrons. The first-order valence-electron chi connectivity index (χ1n) is 7.05. The van der Waals surface area contributed by atoms with Crippen LogP contribution in [0.3, 0.4) is 0 Å². The first-order chi connectivity index (χ1) is 10.8. The summed E-state index contributed by atoms with van der Waals surface area (Å²) in [5, 5.41) is 15.5. The van der Waals surface area contributed by atoms with Crippen molar-refractivity contribution in [3.05, 3.63) is 42.1 Å². The molecule has 0 atom stereocenters. The monoisotopic (exact) mass is 317 g/mol. The highest BCUT2D eigenvalue weighted by molar-refractivity contribution is 5.98. The molecule has 2 rings (SSSR count). The van der Waals surface area contributed by atoms with Gasteiger partial charge in [0.2, 0.25) is 5.91 Å². The Morgan fingerprint density at radius 2 is 2.00 bits per heavy atom. The number of aromatic nitrogens is 2. The third kappa shape index (κ3) is 3.68. The fourth-order valence-corrected chi connectivity index (χ4v) is 2.21. The van der Waals surface area contributed by atoms with Gasteiger partial charge < -0.3 is 15.2 Å². The molecule has 1 heterocycles. The van der Waals surface area contributed by atoms with Gasteiger partial charge in [-0.2, -0.15) is 5.10 Å². The summed E-state index contributed by atoms with van der Waals surface area (Å²) in [6.07, 6.45) is 1.50. The molecule has 0 aliphatic carbocycles. The van der Waals surface area contributed by atoms with Gasteiger partial charge in [-0.1, -0.05) is 18.2 Å². The molecule has 0 saturated heterocycles. The molecule has 1 aromatic carbocycles. The van der Waals surface area contributed by atoms with E-state index in [-0.39, 0.29) is 12.5 Å². The lowest BCUT2D eigenvalue weighted by molar-refractivity contribution is -0.137. The number of carbonyl (C=O) groups is 2. The Morgan fingerprint density at radius 3 is 2.65 bits per heavy atom. The van der Waals surface area contributed by atoms with E-state index in [2.05, 4.69) is 10.4 Å². The molecule has 122 valence electrons. The number of carboxylic acids is 1. The Bertz CT molecular complexity index is 722. The lowest BCUT2D eigenvalue weighted by Crippen LogP contribution is -2.35. The van der Waals surface area contributed by atoms with Crippen LogP contribution in [0.2, 0.25) is 0 Å². The zero-order chi connectivity index (χ0) is 17.0. The molecule has 0 spiro atoms. The number of hydrogen-bond donors (Lipinski definition) is 2. The third-order valence-electron chi connectivity index (χ3n) is 3.53. The molecule has 0 fully saturated rings. The Labute approximate surface area is 133 Å². The van der Waals surface area contributed by atoms with Gasteiger partial charge in [-0.25, -0.2) is 0 Å². The number of aliphatic carboxylic acids is 1. The Kier molecular flexibility index (Phi) is 4.68. The smallest absolute Gasteiger partial charge is 0.325 e. The molecule has 2 N–H and O–H groups in total. The largest absolute Gasteiger partial charge is 0.496 e. The van der Waals surface area contributed by atoms with Crippen LogP contribution in [0.1, 0.15) is 19.4 Å². The number of carbonyl (C=O) groups excluding carboxylic acids is 1. The van der Waals surface area contributed by atoms with Gasteiger partial charge in [0.25, 0.3) is 0 Å². The zero-order valence-corrected chi connectivity index (χ0v) is 13.2. The fraction of sp³-hybridized carbons (Fsp3) is 0.312. The van der Waals surface area contributed by atoms with Crippen LogP contribution in [-0.4, -0.2) is 33.9 Å². The molecule has 0 unspecified atom stereocenters. The zero-order valence-electron chi connectivity index (χ0n) is 13.2. The number of ether oxygens (including phenoxy) is 1. The van der Waals surface area contributed by atoms with Crippen LogP contribution < -0.4 is 10.1 Å². The standard InChI is InChI=1S/C16H19N3O4/c1-16(2,11-6-4-5-7-12(11)23-3)15(22)17-13-8-9-19(18-13)10-14(20)21/h4-9H,10H2,1-3H3,(H,20,21)(H,17,18,22). The number of amides is 1. The third-order valence-corrected chi connectivity index (χ3v) is 3.53. The maximum absolute atomic E-state index is 12.6. The van der Waals surface area contributed by atoms with Crippen LogP contribution in [0.15, 0.2) is 36.5 Å². The van der Waals surface area contributed by atoms with E-state index in [1.165, 1.54) is 10.9 Å². The average Bonchev–Trinajstić information content (AvgIpc) is 2.93. The lowest BCUT2D eigenvalue weighted by Gasteiger charge is -2.25. The summed E-state index contributed by atoms with van der Waals surface area (Å²) in [6, 6.07) is 8.87. The van der Waals surface area contributed by atoms with Crippen LogP contribution >= 0.6 is 0 Å². The van der Waals surface area contributed by atoms with E-state index in [9.17, 15) is 9.59 Å². The van der Waals surface area contributed by atoms with Crippen molar-refractivity contribution in [2.75, 3.05) is 12.4 Å². The summed E-state index contributed by atoms with van der Waals surface area (Å²) in [7, 11) is 1.56. The topological polar surface area (TPSA) is 93.5 Å². The second-order valence-corrected chi connectivity index (χ2v) is 5.57. The maximum Gasteiger partial charge on any atom is 0.325 e. The highest BCUT2D eigenvalue weighted by Crippen LogP contribution is 2.32. The van der Waals surface area contributed by atoms with Crippen LogP contribution in [0.25, 0.3) is 0 Å². The van der Waals surface area contributed by atoms with Crippen LogP contribution in [0.5, 0.6) is 5.75 Å². The molecule has 7 nitrogen and oxygen atoms in total. The van der Waals surface area contributed by atoms with Gasteiger partial charge in [-0.3, -0.25) is 14.3 Å². The number of anilines is 1. The average molecular weight is 317 g/mol. The van der Waals surface area contributed by atoms with Crippen molar-refractivity contribution in [3.8, 4) is 5.75 Å². The summed E-state index contributed by atoms with van der Waals surface area (Å²) in [6.45, 7) is 3.31. The highest BCUT2D eigenvalue weighted by Gasteiger charge is 2.32. The normalized spacial score (nSPS) is 11.1. The number of nitrogens with one attached hydrogen (secondary N) is 1. The molecule has 7 heteroatoms. The summed E-state index contributed by atoms with van der Waals surface area (Å²) in [5.74, 6) is -0.328. The van der Waals surface area contributed by atoms with E-state index in [0.29, 0.717) is 11.6 Å². The van der Waals surface area contributed by atoms with Crippen LogP contribution in [-0.2, 0) is 21.5 Å². The van der Waals surface area contributed by atoms with Gasteiger partial charge in [0.15, 0.2) is 5.82 Å². The van der Waals surface area contributed by atoms with Crippen molar-refractivity contribution in [2.24, 2.45) is 0 Å². The van der Waals surface area contributed by atoms with Crippen molar-refractivity contribution >= 4 is 17.7 Å². The number of rotatable bonds is 6. The van der Waals surface area contributed by atoms with Gasteiger partial charge in [-0.05, 0) is 19.9 Å². The molecule has 0 bridgehead atoms. The van der Waals surface area contributed by atoms with Crippen LogP contribution in [0.4, 0.5) is 5.82 Å². The molecule has 1 amide bonds. The minimum absolute atomic E-state index is 0.258. The van der Waals surface area contributed by atoms with E-state index in [4.69, 9.17) is 9.84 Å². The summed E-state index contributed by atoms with van der Waals surface area (Å²) >= 11 is 0.